The third-order valence-corrected chi connectivity index (χ3v) is 5.14. The molecule has 0 aliphatic heterocycles. The van der Waals surface area contributed by atoms with Crippen LogP contribution in [-0.4, -0.2) is 31.7 Å². The van der Waals surface area contributed by atoms with Crippen LogP contribution in [0.4, 0.5) is 0 Å². The van der Waals surface area contributed by atoms with Crippen molar-refractivity contribution in [1.82, 2.24) is 0 Å². The zero-order chi connectivity index (χ0) is 8.58. The summed E-state index contributed by atoms with van der Waals surface area (Å²) in [6, 6.07) is 0. The second-order valence-electron chi connectivity index (χ2n) is 1.62. The van der Waals surface area contributed by atoms with Gasteiger partial charge in [-0.1, -0.05) is 11.6 Å². The van der Waals surface area contributed by atoms with E-state index in [4.69, 9.17) is 16.2 Å². The standard InChI is InChI=1S/C2H5ClO5S2/c1-9(4,5)2(3)10(6,7)8/h2H,1H3,(H,6,7,8). The first kappa shape index (κ1) is 10.2. The summed E-state index contributed by atoms with van der Waals surface area (Å²) >= 11 is 4.81. The van der Waals surface area contributed by atoms with E-state index in [-0.39, 0.29) is 0 Å². The van der Waals surface area contributed by atoms with Gasteiger partial charge >= 0.3 is 0 Å². The van der Waals surface area contributed by atoms with E-state index in [0.29, 0.717) is 6.26 Å². The first-order valence-electron chi connectivity index (χ1n) is 1.95. The molecule has 1 N–H and O–H groups in total. The van der Waals surface area contributed by atoms with Crippen molar-refractivity contribution in [3.05, 3.63) is 0 Å². The van der Waals surface area contributed by atoms with Crippen LogP contribution in [0.5, 0.6) is 0 Å². The summed E-state index contributed by atoms with van der Waals surface area (Å²) in [6.45, 7) is 0. The van der Waals surface area contributed by atoms with Crippen LogP contribution in [0, 0.1) is 0 Å². The Morgan fingerprint density at radius 1 is 1.30 bits per heavy atom. The largest absolute Gasteiger partial charge is 0.296 e. The van der Waals surface area contributed by atoms with Crippen LogP contribution in [0.3, 0.4) is 0 Å². The summed E-state index contributed by atoms with van der Waals surface area (Å²) in [5.74, 6) is 0. The van der Waals surface area contributed by atoms with E-state index in [1.807, 2.05) is 0 Å². The Kier molecular flexibility index (Phi) is 2.69. The Morgan fingerprint density at radius 2 is 1.60 bits per heavy atom. The zero-order valence-electron chi connectivity index (χ0n) is 4.85. The fourth-order valence-corrected chi connectivity index (χ4v) is 1.99. The van der Waals surface area contributed by atoms with Crippen molar-refractivity contribution in [2.75, 3.05) is 6.26 Å². The Balaban J connectivity index is 4.94. The van der Waals surface area contributed by atoms with Gasteiger partial charge in [-0.15, -0.1) is 0 Å². The van der Waals surface area contributed by atoms with Crippen molar-refractivity contribution < 1.29 is 21.4 Å². The molecule has 0 aromatic rings. The predicted molar refractivity (Wildman–Crippen MR) is 36.0 cm³/mol. The van der Waals surface area contributed by atoms with Crippen molar-refractivity contribution in [2.24, 2.45) is 0 Å². The summed E-state index contributed by atoms with van der Waals surface area (Å²) in [6.07, 6.45) is 0.610. The quantitative estimate of drug-likeness (QED) is 0.486. The molecule has 0 amide bonds. The minimum Gasteiger partial charge on any atom is -0.284 e. The fraction of sp³-hybridized carbons (Fsp3) is 1.00. The van der Waals surface area contributed by atoms with E-state index >= 15 is 0 Å². The second kappa shape index (κ2) is 2.65. The van der Waals surface area contributed by atoms with Crippen molar-refractivity contribution >= 4 is 31.6 Å². The van der Waals surface area contributed by atoms with Crippen LogP contribution in [-0.2, 0) is 20.0 Å². The molecule has 1 atom stereocenters. The zero-order valence-corrected chi connectivity index (χ0v) is 7.24. The van der Waals surface area contributed by atoms with Crippen LogP contribution < -0.4 is 0 Å². The third kappa shape index (κ3) is 2.82. The number of hydrogen-bond donors (Lipinski definition) is 1. The number of sulfone groups is 1. The average Bonchev–Trinajstić information content (AvgIpc) is 1.59. The SMILES string of the molecule is CS(=O)(=O)C(Cl)S(=O)(=O)O. The molecule has 5 nitrogen and oxygen atoms in total. The number of alkyl halides is 1. The molecule has 0 rings (SSSR count). The van der Waals surface area contributed by atoms with Gasteiger partial charge in [0.05, 0.1) is 0 Å². The average molecular weight is 209 g/mol. The molecular weight excluding hydrogens is 204 g/mol. The van der Waals surface area contributed by atoms with Gasteiger partial charge in [0.15, 0.2) is 9.84 Å². The summed E-state index contributed by atoms with van der Waals surface area (Å²) in [5.41, 5.74) is 0. The molecule has 0 saturated carbocycles. The van der Waals surface area contributed by atoms with Crippen LogP contribution in [0.1, 0.15) is 0 Å². The molecule has 1 unspecified atom stereocenters. The van der Waals surface area contributed by atoms with Gasteiger partial charge in [0, 0.05) is 6.26 Å². The van der Waals surface area contributed by atoms with E-state index in [2.05, 4.69) is 0 Å². The molecule has 0 saturated heterocycles. The van der Waals surface area contributed by atoms with Crippen LogP contribution >= 0.6 is 11.6 Å². The van der Waals surface area contributed by atoms with E-state index in [1.165, 1.54) is 0 Å². The molecule has 0 fully saturated rings. The predicted octanol–water partition coefficient (Wildman–Crippen LogP) is -0.559. The topological polar surface area (TPSA) is 88.5 Å². The van der Waals surface area contributed by atoms with Gasteiger partial charge in [0.25, 0.3) is 14.2 Å². The van der Waals surface area contributed by atoms with Crippen molar-refractivity contribution in [1.29, 1.82) is 0 Å². The van der Waals surface area contributed by atoms with Gasteiger partial charge in [0.1, 0.15) is 0 Å². The molecule has 0 heterocycles. The van der Waals surface area contributed by atoms with Crippen molar-refractivity contribution in [3.8, 4) is 0 Å². The highest BCUT2D eigenvalue weighted by molar-refractivity contribution is 8.08. The van der Waals surface area contributed by atoms with Crippen molar-refractivity contribution in [2.45, 2.75) is 4.04 Å². The van der Waals surface area contributed by atoms with Gasteiger partial charge < -0.3 is 0 Å². The lowest BCUT2D eigenvalue weighted by atomic mass is 11.8. The summed E-state index contributed by atoms with van der Waals surface area (Å²) in [7, 11) is -8.62. The Hall–Kier alpha value is 0.150. The van der Waals surface area contributed by atoms with Gasteiger partial charge in [-0.05, 0) is 0 Å². The van der Waals surface area contributed by atoms with Crippen molar-refractivity contribution in [3.63, 3.8) is 0 Å². The first-order valence-corrected chi connectivity index (χ1v) is 5.84. The minimum absolute atomic E-state index is 0.610. The van der Waals surface area contributed by atoms with E-state index < -0.39 is 24.0 Å². The summed E-state index contributed by atoms with van der Waals surface area (Å²) in [5, 5.41) is 0. The lowest BCUT2D eigenvalue weighted by Crippen LogP contribution is -2.23. The van der Waals surface area contributed by atoms with Crippen LogP contribution in [0.25, 0.3) is 0 Å². The first-order chi connectivity index (χ1) is 4.15. The lowest BCUT2D eigenvalue weighted by molar-refractivity contribution is 0.484. The lowest BCUT2D eigenvalue weighted by Gasteiger charge is -2.00. The molecule has 0 radical (unpaired) electrons. The maximum Gasteiger partial charge on any atom is 0.296 e. The molecular formula is C2H5ClO5S2. The molecule has 0 spiro atoms. The molecule has 8 heteroatoms. The van der Waals surface area contributed by atoms with E-state index in [0.717, 1.165) is 0 Å². The smallest absolute Gasteiger partial charge is 0.284 e. The molecule has 0 aromatic carbocycles. The molecule has 0 aromatic heterocycles. The van der Waals surface area contributed by atoms with Crippen LogP contribution in [0.15, 0.2) is 0 Å². The molecule has 10 heavy (non-hydrogen) atoms. The molecule has 0 aliphatic carbocycles. The van der Waals surface area contributed by atoms with Gasteiger partial charge in [-0.25, -0.2) is 8.42 Å². The Morgan fingerprint density at radius 3 is 1.60 bits per heavy atom. The Bertz CT molecular complexity index is 267. The second-order valence-corrected chi connectivity index (χ2v) is 6.50. The number of hydrogen-bond acceptors (Lipinski definition) is 4. The normalized spacial score (nSPS) is 16.7. The highest BCUT2D eigenvalue weighted by atomic mass is 35.5. The third-order valence-electron chi connectivity index (χ3n) is 0.571. The molecule has 0 bridgehead atoms. The monoisotopic (exact) mass is 208 g/mol. The van der Waals surface area contributed by atoms with Crippen LogP contribution in [0.2, 0.25) is 0 Å². The molecule has 0 aliphatic rings. The van der Waals surface area contributed by atoms with Gasteiger partial charge in [-0.3, -0.25) is 4.55 Å². The number of halogens is 1. The van der Waals surface area contributed by atoms with E-state index in [1.54, 1.807) is 0 Å². The Labute approximate surface area is 63.7 Å². The van der Waals surface area contributed by atoms with Gasteiger partial charge in [-0.2, -0.15) is 8.42 Å². The molecule has 62 valence electrons. The maximum absolute atomic E-state index is 10.3. The summed E-state index contributed by atoms with van der Waals surface area (Å²) < 4.78 is 46.5. The van der Waals surface area contributed by atoms with Gasteiger partial charge in [0.2, 0.25) is 0 Å². The van der Waals surface area contributed by atoms with E-state index in [9.17, 15) is 16.8 Å². The number of rotatable bonds is 2. The highest BCUT2D eigenvalue weighted by Crippen LogP contribution is 2.10. The highest BCUT2D eigenvalue weighted by Gasteiger charge is 2.30. The maximum atomic E-state index is 10.3. The fourth-order valence-electron chi connectivity index (χ4n) is 0.221. The summed E-state index contributed by atoms with van der Waals surface area (Å²) in [4.78, 5) is 0. The minimum atomic E-state index is -4.68.